The second kappa shape index (κ2) is 5.69. The van der Waals surface area contributed by atoms with E-state index in [1.807, 2.05) is 0 Å². The number of piperidine rings is 1. The summed E-state index contributed by atoms with van der Waals surface area (Å²) in [6, 6.07) is 4.37. The number of carbonyl (C=O) groups excluding carboxylic acids is 1. The van der Waals surface area contributed by atoms with E-state index in [9.17, 15) is 14.9 Å². The molecule has 1 amide bonds. The summed E-state index contributed by atoms with van der Waals surface area (Å²) in [5.74, 6) is 0.438. The highest BCUT2D eigenvalue weighted by molar-refractivity contribution is 5.95. The Morgan fingerprint density at radius 2 is 2.21 bits per heavy atom. The highest BCUT2D eigenvalue weighted by Gasteiger charge is 2.24. The summed E-state index contributed by atoms with van der Waals surface area (Å²) in [6.07, 6.45) is 2.35. The standard InChI is InChI=1S/C13H16N2O4/c1-2-19-12-9-10(15(17)18)6-7-11(12)14-8-4-3-5-13(14)16/h6-7,9H,2-5,8H2,1H3. The topological polar surface area (TPSA) is 72.7 Å². The molecule has 1 aromatic rings. The second-order valence-corrected chi connectivity index (χ2v) is 4.34. The number of non-ortho nitro benzene ring substituents is 1. The third-order valence-electron chi connectivity index (χ3n) is 3.07. The molecule has 0 N–H and O–H groups in total. The first-order chi connectivity index (χ1) is 9.13. The van der Waals surface area contributed by atoms with Gasteiger partial charge in [0.1, 0.15) is 5.75 Å². The average molecular weight is 264 g/mol. The minimum atomic E-state index is -0.468. The molecule has 1 aliphatic rings. The van der Waals surface area contributed by atoms with Crippen LogP contribution in [0.3, 0.4) is 0 Å². The molecule has 0 bridgehead atoms. The van der Waals surface area contributed by atoms with Gasteiger partial charge in [-0.3, -0.25) is 14.9 Å². The summed E-state index contributed by atoms with van der Waals surface area (Å²) in [4.78, 5) is 23.9. The van der Waals surface area contributed by atoms with E-state index in [-0.39, 0.29) is 11.6 Å². The van der Waals surface area contributed by atoms with Crippen LogP contribution in [0.15, 0.2) is 18.2 Å². The molecule has 0 saturated carbocycles. The zero-order valence-corrected chi connectivity index (χ0v) is 10.8. The number of carbonyl (C=O) groups is 1. The Morgan fingerprint density at radius 1 is 1.42 bits per heavy atom. The second-order valence-electron chi connectivity index (χ2n) is 4.34. The van der Waals surface area contributed by atoms with Gasteiger partial charge in [-0.2, -0.15) is 0 Å². The average Bonchev–Trinajstić information content (AvgIpc) is 2.40. The fraction of sp³-hybridized carbons (Fsp3) is 0.462. The molecule has 6 heteroatoms. The monoisotopic (exact) mass is 264 g/mol. The Hall–Kier alpha value is -2.11. The van der Waals surface area contributed by atoms with E-state index in [1.54, 1.807) is 17.9 Å². The van der Waals surface area contributed by atoms with Crippen molar-refractivity contribution in [3.8, 4) is 5.75 Å². The molecule has 102 valence electrons. The van der Waals surface area contributed by atoms with Gasteiger partial charge in [0.15, 0.2) is 0 Å². The minimum absolute atomic E-state index is 0.0309. The lowest BCUT2D eigenvalue weighted by molar-refractivity contribution is -0.384. The number of anilines is 1. The van der Waals surface area contributed by atoms with Crippen molar-refractivity contribution < 1.29 is 14.5 Å². The molecule has 1 fully saturated rings. The lowest BCUT2D eigenvalue weighted by Gasteiger charge is -2.28. The molecule has 0 aromatic heterocycles. The van der Waals surface area contributed by atoms with Gasteiger partial charge in [0.05, 0.1) is 23.3 Å². The molecule has 0 aliphatic carbocycles. The summed E-state index contributed by atoms with van der Waals surface area (Å²) in [5.41, 5.74) is 0.591. The van der Waals surface area contributed by atoms with Crippen LogP contribution in [0.1, 0.15) is 26.2 Å². The van der Waals surface area contributed by atoms with Crippen LogP contribution in [0, 0.1) is 10.1 Å². The third-order valence-corrected chi connectivity index (χ3v) is 3.07. The Labute approximate surface area is 111 Å². The van der Waals surface area contributed by atoms with Crippen LogP contribution in [-0.2, 0) is 4.79 Å². The Balaban J connectivity index is 2.37. The fourth-order valence-electron chi connectivity index (χ4n) is 2.17. The molecule has 1 aliphatic heterocycles. The molecule has 0 radical (unpaired) electrons. The van der Waals surface area contributed by atoms with Crippen molar-refractivity contribution in [2.24, 2.45) is 0 Å². The van der Waals surface area contributed by atoms with Gasteiger partial charge >= 0.3 is 0 Å². The van der Waals surface area contributed by atoms with Gasteiger partial charge in [0, 0.05) is 19.0 Å². The molecule has 19 heavy (non-hydrogen) atoms. The molecule has 0 atom stereocenters. The van der Waals surface area contributed by atoms with Crippen molar-refractivity contribution in [2.45, 2.75) is 26.2 Å². The van der Waals surface area contributed by atoms with Gasteiger partial charge in [0.25, 0.3) is 5.69 Å². The van der Waals surface area contributed by atoms with Crippen molar-refractivity contribution in [3.05, 3.63) is 28.3 Å². The molecule has 2 rings (SSSR count). The normalized spacial score (nSPS) is 15.4. The predicted octanol–water partition coefficient (Wildman–Crippen LogP) is 2.51. The van der Waals surface area contributed by atoms with Gasteiger partial charge in [0.2, 0.25) is 5.91 Å². The summed E-state index contributed by atoms with van der Waals surface area (Å²) in [6.45, 7) is 2.84. The lowest BCUT2D eigenvalue weighted by atomic mass is 10.1. The van der Waals surface area contributed by atoms with Crippen molar-refractivity contribution in [1.29, 1.82) is 0 Å². The van der Waals surface area contributed by atoms with Crippen LogP contribution in [-0.4, -0.2) is 24.0 Å². The highest BCUT2D eigenvalue weighted by Crippen LogP contribution is 2.34. The first kappa shape index (κ1) is 13.3. The third kappa shape index (κ3) is 2.83. The molecular weight excluding hydrogens is 248 g/mol. The zero-order chi connectivity index (χ0) is 13.8. The van der Waals surface area contributed by atoms with Gasteiger partial charge < -0.3 is 9.64 Å². The van der Waals surface area contributed by atoms with E-state index < -0.39 is 4.92 Å². The number of nitro groups is 1. The number of hydrogen-bond donors (Lipinski definition) is 0. The SMILES string of the molecule is CCOc1cc([N+](=O)[O-])ccc1N1CCCCC1=O. The number of amides is 1. The van der Waals surface area contributed by atoms with Crippen LogP contribution in [0.2, 0.25) is 0 Å². The summed E-state index contributed by atoms with van der Waals surface area (Å²) in [7, 11) is 0. The maximum atomic E-state index is 11.9. The van der Waals surface area contributed by atoms with Crippen molar-refractivity contribution in [3.63, 3.8) is 0 Å². The first-order valence-electron chi connectivity index (χ1n) is 6.35. The van der Waals surface area contributed by atoms with E-state index in [1.165, 1.54) is 12.1 Å². The van der Waals surface area contributed by atoms with E-state index >= 15 is 0 Å². The Bertz CT molecular complexity index is 501. The largest absolute Gasteiger partial charge is 0.491 e. The van der Waals surface area contributed by atoms with Crippen LogP contribution < -0.4 is 9.64 Å². The quantitative estimate of drug-likeness (QED) is 0.618. The Morgan fingerprint density at radius 3 is 2.84 bits per heavy atom. The lowest BCUT2D eigenvalue weighted by Crippen LogP contribution is -2.35. The van der Waals surface area contributed by atoms with Crippen molar-refractivity contribution in [2.75, 3.05) is 18.1 Å². The zero-order valence-electron chi connectivity index (χ0n) is 10.8. The van der Waals surface area contributed by atoms with Crippen LogP contribution in [0.5, 0.6) is 5.75 Å². The van der Waals surface area contributed by atoms with Gasteiger partial charge in [-0.25, -0.2) is 0 Å². The number of nitro benzene ring substituents is 1. The van der Waals surface area contributed by atoms with Crippen molar-refractivity contribution in [1.82, 2.24) is 0 Å². The molecule has 1 saturated heterocycles. The summed E-state index contributed by atoms with van der Waals surface area (Å²) >= 11 is 0. The fourth-order valence-corrected chi connectivity index (χ4v) is 2.17. The number of benzene rings is 1. The summed E-state index contributed by atoms with van der Waals surface area (Å²) < 4.78 is 5.43. The molecular formula is C13H16N2O4. The number of nitrogens with zero attached hydrogens (tertiary/aromatic N) is 2. The smallest absolute Gasteiger partial charge is 0.273 e. The van der Waals surface area contributed by atoms with Crippen molar-refractivity contribution >= 4 is 17.3 Å². The number of rotatable bonds is 4. The molecule has 1 aromatic carbocycles. The molecule has 6 nitrogen and oxygen atoms in total. The molecule has 0 spiro atoms. The van der Waals surface area contributed by atoms with Crippen LogP contribution >= 0.6 is 0 Å². The maximum Gasteiger partial charge on any atom is 0.273 e. The van der Waals surface area contributed by atoms with Gasteiger partial charge in [-0.1, -0.05) is 0 Å². The summed E-state index contributed by atoms with van der Waals surface area (Å²) in [5, 5.41) is 10.8. The van der Waals surface area contributed by atoms with Crippen LogP contribution in [0.4, 0.5) is 11.4 Å². The predicted molar refractivity (Wildman–Crippen MR) is 70.5 cm³/mol. The van der Waals surface area contributed by atoms with E-state index in [4.69, 9.17) is 4.74 Å². The van der Waals surface area contributed by atoms with E-state index in [0.717, 1.165) is 12.8 Å². The number of hydrogen-bond acceptors (Lipinski definition) is 4. The molecule has 1 heterocycles. The van der Waals surface area contributed by atoms with E-state index in [0.29, 0.717) is 31.0 Å². The van der Waals surface area contributed by atoms with E-state index in [2.05, 4.69) is 0 Å². The highest BCUT2D eigenvalue weighted by atomic mass is 16.6. The first-order valence-corrected chi connectivity index (χ1v) is 6.35. The minimum Gasteiger partial charge on any atom is -0.491 e. The Kier molecular flexibility index (Phi) is 3.99. The van der Waals surface area contributed by atoms with Crippen LogP contribution in [0.25, 0.3) is 0 Å². The number of ether oxygens (including phenoxy) is 1. The van der Waals surface area contributed by atoms with Gasteiger partial charge in [-0.05, 0) is 25.8 Å². The van der Waals surface area contributed by atoms with Gasteiger partial charge in [-0.15, -0.1) is 0 Å². The maximum absolute atomic E-state index is 11.9. The molecule has 0 unspecified atom stereocenters.